The van der Waals surface area contributed by atoms with Crippen molar-refractivity contribution in [3.8, 4) is 0 Å². The van der Waals surface area contributed by atoms with Crippen LogP contribution in [0.25, 0.3) is 10.9 Å². The second-order valence-electron chi connectivity index (χ2n) is 4.82. The summed E-state index contributed by atoms with van der Waals surface area (Å²) in [7, 11) is 0. The quantitative estimate of drug-likeness (QED) is 0.896. The molecule has 2 aromatic rings. The molecule has 1 unspecified atom stereocenters. The lowest BCUT2D eigenvalue weighted by Crippen LogP contribution is -2.52. The van der Waals surface area contributed by atoms with Gasteiger partial charge in [-0.2, -0.15) is 0 Å². The van der Waals surface area contributed by atoms with Crippen molar-refractivity contribution in [1.82, 2.24) is 9.88 Å². The number of benzene rings is 1. The number of fused-ring (bicyclic) bond motifs is 1. The van der Waals surface area contributed by atoms with Crippen molar-refractivity contribution in [2.24, 2.45) is 0 Å². The lowest BCUT2D eigenvalue weighted by Gasteiger charge is -2.32. The number of amides is 1. The predicted octanol–water partition coefficient (Wildman–Crippen LogP) is 1.16. The fourth-order valence-electron chi connectivity index (χ4n) is 2.38. The molecule has 0 aliphatic carbocycles. The van der Waals surface area contributed by atoms with E-state index in [1.165, 1.54) is 4.90 Å². The Balaban J connectivity index is 1.93. The maximum atomic E-state index is 12.5. The summed E-state index contributed by atoms with van der Waals surface area (Å²) in [5.74, 6) is -1.44. The third-order valence-corrected chi connectivity index (χ3v) is 3.49. The van der Waals surface area contributed by atoms with E-state index in [-0.39, 0.29) is 24.8 Å². The van der Waals surface area contributed by atoms with Crippen molar-refractivity contribution in [2.75, 3.05) is 19.8 Å². The van der Waals surface area contributed by atoms with Gasteiger partial charge in [-0.05, 0) is 12.1 Å². The molecule has 1 aliphatic rings. The van der Waals surface area contributed by atoms with Crippen molar-refractivity contribution >= 4 is 22.8 Å². The molecule has 21 heavy (non-hydrogen) atoms. The Kier molecular flexibility index (Phi) is 3.53. The maximum Gasteiger partial charge on any atom is 0.328 e. The fraction of sp³-hybridized carbons (Fsp3) is 0.267. The highest BCUT2D eigenvalue weighted by atomic mass is 16.5. The van der Waals surface area contributed by atoms with Gasteiger partial charge in [0.15, 0.2) is 6.04 Å². The van der Waals surface area contributed by atoms with Crippen molar-refractivity contribution in [1.29, 1.82) is 0 Å². The van der Waals surface area contributed by atoms with Crippen molar-refractivity contribution in [3.05, 3.63) is 42.1 Å². The van der Waals surface area contributed by atoms with Crippen LogP contribution in [-0.4, -0.2) is 52.7 Å². The highest BCUT2D eigenvalue weighted by molar-refractivity contribution is 5.97. The largest absolute Gasteiger partial charge is 0.480 e. The number of carboxylic acids is 1. The van der Waals surface area contributed by atoms with E-state index < -0.39 is 12.0 Å². The first-order valence-electron chi connectivity index (χ1n) is 6.64. The highest BCUT2D eigenvalue weighted by Gasteiger charge is 2.33. The Morgan fingerprint density at radius 3 is 2.86 bits per heavy atom. The van der Waals surface area contributed by atoms with Gasteiger partial charge in [-0.25, -0.2) is 9.78 Å². The number of aromatic nitrogens is 1. The van der Waals surface area contributed by atoms with E-state index in [2.05, 4.69) is 4.98 Å². The molecule has 6 nitrogen and oxygen atoms in total. The van der Waals surface area contributed by atoms with E-state index in [0.717, 1.165) is 5.39 Å². The minimum absolute atomic E-state index is 0.00859. The molecule has 1 saturated heterocycles. The summed E-state index contributed by atoms with van der Waals surface area (Å²) in [5.41, 5.74) is 0.963. The Hall–Kier alpha value is -2.47. The number of pyridine rings is 1. The SMILES string of the molecule is O=C(O)C1COCCN1C(=O)c1ccc2ccccc2n1. The molecule has 1 atom stereocenters. The summed E-state index contributed by atoms with van der Waals surface area (Å²) in [6, 6.07) is 9.95. The van der Waals surface area contributed by atoms with Gasteiger partial charge in [0, 0.05) is 11.9 Å². The Morgan fingerprint density at radius 2 is 2.05 bits per heavy atom. The number of ether oxygens (including phenoxy) is 1. The van der Waals surface area contributed by atoms with E-state index in [0.29, 0.717) is 12.1 Å². The molecular weight excluding hydrogens is 272 g/mol. The molecule has 0 spiro atoms. The molecule has 108 valence electrons. The molecule has 1 fully saturated rings. The average Bonchev–Trinajstić information content (AvgIpc) is 2.53. The van der Waals surface area contributed by atoms with Crippen LogP contribution in [0.2, 0.25) is 0 Å². The molecule has 6 heteroatoms. The van der Waals surface area contributed by atoms with Gasteiger partial charge < -0.3 is 14.7 Å². The molecule has 1 aromatic carbocycles. The van der Waals surface area contributed by atoms with Crippen molar-refractivity contribution in [2.45, 2.75) is 6.04 Å². The third-order valence-electron chi connectivity index (χ3n) is 3.49. The number of carbonyl (C=O) groups is 2. The van der Waals surface area contributed by atoms with Crippen LogP contribution in [0.4, 0.5) is 0 Å². The van der Waals surface area contributed by atoms with Crippen molar-refractivity contribution in [3.63, 3.8) is 0 Å². The highest BCUT2D eigenvalue weighted by Crippen LogP contribution is 2.16. The Bertz CT molecular complexity index is 701. The second kappa shape index (κ2) is 5.49. The topological polar surface area (TPSA) is 79.7 Å². The fourth-order valence-corrected chi connectivity index (χ4v) is 2.38. The van der Waals surface area contributed by atoms with E-state index in [1.807, 2.05) is 30.3 Å². The monoisotopic (exact) mass is 286 g/mol. The van der Waals surface area contributed by atoms with Gasteiger partial charge in [-0.3, -0.25) is 4.79 Å². The number of aliphatic carboxylic acids is 1. The maximum absolute atomic E-state index is 12.5. The van der Waals surface area contributed by atoms with Gasteiger partial charge in [0.2, 0.25) is 0 Å². The van der Waals surface area contributed by atoms with Gasteiger partial charge in [-0.15, -0.1) is 0 Å². The number of nitrogens with zero attached hydrogens (tertiary/aromatic N) is 2. The van der Waals surface area contributed by atoms with Crippen LogP contribution in [0, 0.1) is 0 Å². The number of rotatable bonds is 2. The zero-order valence-corrected chi connectivity index (χ0v) is 11.2. The van der Waals surface area contributed by atoms with Crippen LogP contribution in [0.1, 0.15) is 10.5 Å². The first kappa shape index (κ1) is 13.5. The summed E-state index contributed by atoms with van der Waals surface area (Å²) >= 11 is 0. The summed E-state index contributed by atoms with van der Waals surface area (Å²) < 4.78 is 5.13. The molecule has 1 aliphatic heterocycles. The van der Waals surface area contributed by atoms with Crippen LogP contribution in [0.5, 0.6) is 0 Å². The Labute approximate surface area is 121 Å². The number of morpholine rings is 1. The van der Waals surface area contributed by atoms with Gasteiger partial charge in [0.25, 0.3) is 5.91 Å². The number of carbonyl (C=O) groups excluding carboxylic acids is 1. The molecular formula is C15H14N2O4. The van der Waals surface area contributed by atoms with Crippen LogP contribution in [0.3, 0.4) is 0 Å². The van der Waals surface area contributed by atoms with Gasteiger partial charge in [0.05, 0.1) is 18.7 Å². The normalized spacial score (nSPS) is 18.7. The van der Waals surface area contributed by atoms with Crippen LogP contribution >= 0.6 is 0 Å². The van der Waals surface area contributed by atoms with Gasteiger partial charge in [-0.1, -0.05) is 24.3 Å². The molecule has 0 bridgehead atoms. The second-order valence-corrected chi connectivity index (χ2v) is 4.82. The predicted molar refractivity (Wildman–Crippen MR) is 75.0 cm³/mol. The van der Waals surface area contributed by atoms with Crippen LogP contribution < -0.4 is 0 Å². The zero-order chi connectivity index (χ0) is 14.8. The molecule has 1 N–H and O–H groups in total. The minimum Gasteiger partial charge on any atom is -0.480 e. The first-order chi connectivity index (χ1) is 10.2. The summed E-state index contributed by atoms with van der Waals surface area (Å²) in [6.45, 7) is 0.599. The standard InChI is InChI=1S/C15H14N2O4/c18-14(17-7-8-21-9-13(17)15(19)20)12-6-5-10-3-1-2-4-11(10)16-12/h1-6,13H,7-9H2,(H,19,20). The smallest absolute Gasteiger partial charge is 0.328 e. The Morgan fingerprint density at radius 1 is 1.24 bits per heavy atom. The number of hydrogen-bond donors (Lipinski definition) is 1. The van der Waals surface area contributed by atoms with E-state index in [4.69, 9.17) is 4.74 Å². The lowest BCUT2D eigenvalue weighted by molar-refractivity contribution is -0.147. The average molecular weight is 286 g/mol. The van der Waals surface area contributed by atoms with E-state index >= 15 is 0 Å². The minimum atomic E-state index is -1.07. The van der Waals surface area contributed by atoms with Crippen molar-refractivity contribution < 1.29 is 19.4 Å². The van der Waals surface area contributed by atoms with Gasteiger partial charge in [0.1, 0.15) is 5.69 Å². The van der Waals surface area contributed by atoms with E-state index in [1.54, 1.807) is 6.07 Å². The number of hydrogen-bond acceptors (Lipinski definition) is 4. The molecule has 2 heterocycles. The summed E-state index contributed by atoms with van der Waals surface area (Å²) in [6.07, 6.45) is 0. The zero-order valence-electron chi connectivity index (χ0n) is 11.2. The van der Waals surface area contributed by atoms with Crippen LogP contribution in [-0.2, 0) is 9.53 Å². The molecule has 1 aromatic heterocycles. The first-order valence-corrected chi connectivity index (χ1v) is 6.64. The third kappa shape index (κ3) is 2.57. The molecule has 0 saturated carbocycles. The molecule has 1 amide bonds. The van der Waals surface area contributed by atoms with Crippen LogP contribution in [0.15, 0.2) is 36.4 Å². The summed E-state index contributed by atoms with van der Waals surface area (Å²) in [4.78, 5) is 29.3. The van der Waals surface area contributed by atoms with E-state index in [9.17, 15) is 14.7 Å². The lowest BCUT2D eigenvalue weighted by atomic mass is 10.1. The number of carboxylic acid groups (broad SMARTS) is 1. The number of para-hydroxylation sites is 1. The summed E-state index contributed by atoms with van der Waals surface area (Å²) in [5, 5.41) is 10.1. The molecule has 3 rings (SSSR count). The molecule has 0 radical (unpaired) electrons. The van der Waals surface area contributed by atoms with Gasteiger partial charge >= 0.3 is 5.97 Å².